The topological polar surface area (TPSA) is 73.9 Å². The predicted octanol–water partition coefficient (Wildman–Crippen LogP) is 6.30. The number of nitrogens with one attached hydrogen (secondary N) is 1. The lowest BCUT2D eigenvalue weighted by Crippen LogP contribution is -2.36. The SMILES string of the molecule is CCOC(=O)C1=C(NC(=O)COc2ccc(Cl)cc2C)Oc2ccc3ccccc3c2C1c1ccccc1. The Hall–Kier alpha value is -4.29. The molecule has 6 nitrogen and oxygen atoms in total. The molecule has 1 amide bonds. The molecule has 1 heterocycles. The first-order chi connectivity index (χ1) is 18.5. The second kappa shape index (κ2) is 11.0. The Bertz CT molecular complexity index is 1550. The second-order valence-corrected chi connectivity index (χ2v) is 9.29. The number of aryl methyl sites for hydroxylation is 1. The number of hydrogen-bond donors (Lipinski definition) is 1. The van der Waals surface area contributed by atoms with E-state index in [0.717, 1.165) is 27.5 Å². The highest BCUT2D eigenvalue weighted by molar-refractivity contribution is 6.30. The van der Waals surface area contributed by atoms with E-state index in [1.54, 1.807) is 25.1 Å². The van der Waals surface area contributed by atoms with Crippen molar-refractivity contribution in [3.63, 3.8) is 0 Å². The van der Waals surface area contributed by atoms with Crippen molar-refractivity contribution in [3.05, 3.63) is 118 Å². The van der Waals surface area contributed by atoms with Gasteiger partial charge in [0.1, 0.15) is 17.1 Å². The van der Waals surface area contributed by atoms with Gasteiger partial charge in [-0.3, -0.25) is 10.1 Å². The standard InChI is InChI=1S/C31H26ClNO5/c1-3-36-31(35)29-27(21-10-5-4-6-11-21)28-23-12-8-7-9-20(23)13-15-25(28)38-30(29)33-26(34)18-37-24-16-14-22(32)17-19(24)2/h4-17,27H,3,18H2,1-2H3,(H,33,34). The van der Waals surface area contributed by atoms with E-state index in [0.29, 0.717) is 16.5 Å². The second-order valence-electron chi connectivity index (χ2n) is 8.85. The van der Waals surface area contributed by atoms with E-state index in [1.165, 1.54) is 0 Å². The van der Waals surface area contributed by atoms with E-state index in [9.17, 15) is 9.59 Å². The number of benzene rings is 4. The first-order valence-corrected chi connectivity index (χ1v) is 12.7. The molecule has 0 saturated heterocycles. The number of fused-ring (bicyclic) bond motifs is 3. The van der Waals surface area contributed by atoms with Crippen molar-refractivity contribution in [3.8, 4) is 11.5 Å². The molecule has 0 radical (unpaired) electrons. The molecular formula is C31H26ClNO5. The highest BCUT2D eigenvalue weighted by atomic mass is 35.5. The number of esters is 1. The van der Waals surface area contributed by atoms with Gasteiger partial charge in [0.05, 0.1) is 12.5 Å². The molecule has 0 aliphatic carbocycles. The van der Waals surface area contributed by atoms with Crippen LogP contribution in [0.4, 0.5) is 0 Å². The van der Waals surface area contributed by atoms with Crippen LogP contribution in [0.2, 0.25) is 5.02 Å². The minimum Gasteiger partial charge on any atom is -0.483 e. The van der Waals surface area contributed by atoms with Crippen molar-refractivity contribution >= 4 is 34.2 Å². The molecule has 0 fully saturated rings. The molecule has 192 valence electrons. The molecule has 4 aromatic rings. The first-order valence-electron chi connectivity index (χ1n) is 12.3. The quantitative estimate of drug-likeness (QED) is 0.286. The van der Waals surface area contributed by atoms with Crippen LogP contribution in [-0.2, 0) is 14.3 Å². The maximum atomic E-state index is 13.4. The first kappa shape index (κ1) is 25.4. The molecular weight excluding hydrogens is 502 g/mol. The number of ether oxygens (including phenoxy) is 3. The van der Waals surface area contributed by atoms with Crippen LogP contribution >= 0.6 is 11.6 Å². The molecule has 1 aliphatic rings. The smallest absolute Gasteiger partial charge is 0.340 e. The molecule has 4 aromatic carbocycles. The Morgan fingerprint density at radius 1 is 0.974 bits per heavy atom. The third kappa shape index (κ3) is 5.08. The van der Waals surface area contributed by atoms with Gasteiger partial charge in [0.25, 0.3) is 5.91 Å². The summed E-state index contributed by atoms with van der Waals surface area (Å²) < 4.78 is 17.4. The summed E-state index contributed by atoms with van der Waals surface area (Å²) in [5, 5.41) is 5.31. The molecule has 0 bridgehead atoms. The zero-order valence-corrected chi connectivity index (χ0v) is 21.7. The van der Waals surface area contributed by atoms with E-state index in [4.69, 9.17) is 25.8 Å². The Kier molecular flexibility index (Phi) is 7.33. The third-order valence-corrected chi connectivity index (χ3v) is 6.58. The number of carbonyl (C=O) groups is 2. The average Bonchev–Trinajstić information content (AvgIpc) is 2.92. The molecule has 1 unspecified atom stereocenters. The molecule has 1 N–H and O–H groups in total. The molecule has 7 heteroatoms. The van der Waals surface area contributed by atoms with Crippen molar-refractivity contribution in [2.24, 2.45) is 0 Å². The molecule has 5 rings (SSSR count). The summed E-state index contributed by atoms with van der Waals surface area (Å²) in [6, 6.07) is 26.5. The minimum atomic E-state index is -0.565. The van der Waals surface area contributed by atoms with Crippen LogP contribution in [-0.4, -0.2) is 25.1 Å². The highest BCUT2D eigenvalue weighted by Gasteiger charge is 2.38. The summed E-state index contributed by atoms with van der Waals surface area (Å²) in [4.78, 5) is 26.4. The Morgan fingerprint density at radius 3 is 2.50 bits per heavy atom. The number of rotatable bonds is 7. The predicted molar refractivity (Wildman–Crippen MR) is 146 cm³/mol. The Morgan fingerprint density at radius 2 is 1.74 bits per heavy atom. The van der Waals surface area contributed by atoms with Gasteiger partial charge in [-0.15, -0.1) is 0 Å². The van der Waals surface area contributed by atoms with Crippen LogP contribution in [0.5, 0.6) is 11.5 Å². The average molecular weight is 528 g/mol. The van der Waals surface area contributed by atoms with Crippen molar-refractivity contribution in [1.29, 1.82) is 0 Å². The number of hydrogen-bond acceptors (Lipinski definition) is 5. The zero-order chi connectivity index (χ0) is 26.6. The van der Waals surface area contributed by atoms with E-state index < -0.39 is 17.8 Å². The van der Waals surface area contributed by atoms with E-state index in [-0.39, 0.29) is 24.7 Å². The van der Waals surface area contributed by atoms with Gasteiger partial charge in [-0.2, -0.15) is 0 Å². The molecule has 38 heavy (non-hydrogen) atoms. The van der Waals surface area contributed by atoms with Gasteiger partial charge in [-0.25, -0.2) is 4.79 Å². The van der Waals surface area contributed by atoms with E-state index in [1.807, 2.05) is 73.7 Å². The van der Waals surface area contributed by atoms with Crippen LogP contribution in [0.1, 0.15) is 29.5 Å². The van der Waals surface area contributed by atoms with Crippen LogP contribution in [0, 0.1) is 6.92 Å². The van der Waals surface area contributed by atoms with Gasteiger partial charge in [0, 0.05) is 10.6 Å². The van der Waals surface area contributed by atoms with E-state index >= 15 is 0 Å². The number of amides is 1. The maximum Gasteiger partial charge on any atom is 0.340 e. The number of carbonyl (C=O) groups excluding carboxylic acids is 2. The lowest BCUT2D eigenvalue weighted by molar-refractivity contribution is -0.139. The van der Waals surface area contributed by atoms with Crippen molar-refractivity contribution in [2.75, 3.05) is 13.2 Å². The summed E-state index contributed by atoms with van der Waals surface area (Å²) in [7, 11) is 0. The van der Waals surface area contributed by atoms with Gasteiger partial charge < -0.3 is 14.2 Å². The van der Waals surface area contributed by atoms with Gasteiger partial charge in [0.15, 0.2) is 6.61 Å². The van der Waals surface area contributed by atoms with Crippen LogP contribution < -0.4 is 14.8 Å². The van der Waals surface area contributed by atoms with E-state index in [2.05, 4.69) is 5.32 Å². The van der Waals surface area contributed by atoms with Crippen molar-refractivity contribution in [1.82, 2.24) is 5.32 Å². The largest absolute Gasteiger partial charge is 0.483 e. The fraction of sp³-hybridized carbons (Fsp3) is 0.161. The summed E-state index contributed by atoms with van der Waals surface area (Å²) in [6.07, 6.45) is 0. The molecule has 1 atom stereocenters. The minimum absolute atomic E-state index is 0.0292. The zero-order valence-electron chi connectivity index (χ0n) is 21.0. The monoisotopic (exact) mass is 527 g/mol. The normalized spacial score (nSPS) is 14.4. The molecule has 0 saturated carbocycles. The lowest BCUT2D eigenvalue weighted by atomic mass is 9.80. The number of halogens is 1. The summed E-state index contributed by atoms with van der Waals surface area (Å²) in [6.45, 7) is 3.47. The van der Waals surface area contributed by atoms with Crippen molar-refractivity contribution < 1.29 is 23.8 Å². The summed E-state index contributed by atoms with van der Waals surface area (Å²) in [5.41, 5.74) is 2.73. The van der Waals surface area contributed by atoms with Crippen LogP contribution in [0.3, 0.4) is 0 Å². The van der Waals surface area contributed by atoms with Crippen LogP contribution in [0.15, 0.2) is 96.4 Å². The summed E-state index contributed by atoms with van der Waals surface area (Å²) >= 11 is 6.02. The van der Waals surface area contributed by atoms with Gasteiger partial charge >= 0.3 is 5.97 Å². The summed E-state index contributed by atoms with van der Waals surface area (Å²) in [5.74, 6) is -0.457. The van der Waals surface area contributed by atoms with Gasteiger partial charge in [-0.05, 0) is 60.0 Å². The Balaban J connectivity index is 1.57. The fourth-order valence-electron chi connectivity index (χ4n) is 4.67. The fourth-order valence-corrected chi connectivity index (χ4v) is 4.90. The molecule has 0 aromatic heterocycles. The maximum absolute atomic E-state index is 13.4. The molecule has 1 aliphatic heterocycles. The van der Waals surface area contributed by atoms with Gasteiger partial charge in [-0.1, -0.05) is 72.3 Å². The highest BCUT2D eigenvalue weighted by Crippen LogP contribution is 2.46. The lowest BCUT2D eigenvalue weighted by Gasteiger charge is -2.31. The molecule has 0 spiro atoms. The Labute approximate surface area is 225 Å². The van der Waals surface area contributed by atoms with Crippen LogP contribution in [0.25, 0.3) is 10.8 Å². The van der Waals surface area contributed by atoms with Crippen molar-refractivity contribution in [2.45, 2.75) is 19.8 Å². The van der Waals surface area contributed by atoms with Gasteiger partial charge in [0.2, 0.25) is 5.88 Å². The third-order valence-electron chi connectivity index (χ3n) is 6.34.